The highest BCUT2D eigenvalue weighted by Crippen LogP contribution is 2.74. The third-order valence-corrected chi connectivity index (χ3v) is 9.40. The van der Waals surface area contributed by atoms with Gasteiger partial charge in [-0.05, 0) is 78.3 Å². The number of rotatable bonds is 0. The zero-order chi connectivity index (χ0) is 11.3. The van der Waals surface area contributed by atoms with E-state index in [4.69, 9.17) is 0 Å². The molecule has 0 aromatic carbocycles. The topological polar surface area (TPSA) is 0 Å². The molecule has 4 bridgehead atoms. The maximum absolute atomic E-state index is 2.57. The smallest absolute Gasteiger partial charge is 0.0110 e. The fourth-order valence-corrected chi connectivity index (χ4v) is 9.09. The maximum Gasteiger partial charge on any atom is 0.0110 e. The zero-order valence-electron chi connectivity index (χ0n) is 11.0. The summed E-state index contributed by atoms with van der Waals surface area (Å²) >= 11 is 2.35. The van der Waals surface area contributed by atoms with Crippen molar-refractivity contribution < 1.29 is 0 Å². The van der Waals surface area contributed by atoms with E-state index in [1.807, 2.05) is 0 Å². The van der Waals surface area contributed by atoms with Crippen molar-refractivity contribution in [3.05, 3.63) is 0 Å². The zero-order valence-corrected chi connectivity index (χ0v) is 11.8. The van der Waals surface area contributed by atoms with Crippen LogP contribution in [0.25, 0.3) is 0 Å². The van der Waals surface area contributed by atoms with Gasteiger partial charge < -0.3 is 0 Å². The Hall–Kier alpha value is 0.350. The summed E-state index contributed by atoms with van der Waals surface area (Å²) in [5.41, 5.74) is 0. The second kappa shape index (κ2) is 3.08. The summed E-state index contributed by atoms with van der Waals surface area (Å²) in [6.07, 6.45) is 4.83. The van der Waals surface area contributed by atoms with Gasteiger partial charge in [-0.15, -0.1) is 0 Å². The molecule has 0 radical (unpaired) electrons. The van der Waals surface area contributed by atoms with Crippen LogP contribution in [0.15, 0.2) is 0 Å². The molecular formula is C16H24S. The van der Waals surface area contributed by atoms with Crippen LogP contribution >= 0.6 is 11.8 Å². The van der Waals surface area contributed by atoms with Crippen LogP contribution in [-0.4, -0.2) is 11.0 Å². The van der Waals surface area contributed by atoms with Gasteiger partial charge in [0.1, 0.15) is 0 Å². The largest absolute Gasteiger partial charge is 0.158 e. The fraction of sp³-hybridized carbons (Fsp3) is 1.00. The minimum absolute atomic E-state index is 1.05. The van der Waals surface area contributed by atoms with Gasteiger partial charge in [-0.25, -0.2) is 0 Å². The van der Waals surface area contributed by atoms with Crippen molar-refractivity contribution in [3.63, 3.8) is 0 Å². The molecule has 0 aromatic heterocycles. The Morgan fingerprint density at radius 1 is 0.765 bits per heavy atom. The second-order valence-electron chi connectivity index (χ2n) is 7.79. The second-order valence-corrected chi connectivity index (χ2v) is 9.07. The Balaban J connectivity index is 1.56. The van der Waals surface area contributed by atoms with Crippen molar-refractivity contribution in [2.24, 2.45) is 53.3 Å². The van der Waals surface area contributed by atoms with Crippen molar-refractivity contribution in [1.82, 2.24) is 0 Å². The lowest BCUT2D eigenvalue weighted by Gasteiger charge is -2.44. The van der Waals surface area contributed by atoms with Crippen LogP contribution in [-0.2, 0) is 0 Å². The van der Waals surface area contributed by atoms with E-state index >= 15 is 0 Å². The molecule has 0 aromatic rings. The molecule has 0 nitrogen and oxygen atoms in total. The van der Waals surface area contributed by atoms with E-state index in [1.54, 1.807) is 19.3 Å². The predicted molar refractivity (Wildman–Crippen MR) is 72.9 cm³/mol. The monoisotopic (exact) mass is 248 g/mol. The molecule has 0 spiro atoms. The molecule has 0 amide bonds. The molecule has 17 heavy (non-hydrogen) atoms. The molecule has 1 saturated heterocycles. The molecule has 4 saturated carbocycles. The Morgan fingerprint density at radius 3 is 2.18 bits per heavy atom. The van der Waals surface area contributed by atoms with Crippen molar-refractivity contribution in [2.75, 3.05) is 5.75 Å². The molecule has 1 heteroatoms. The highest BCUT2D eigenvalue weighted by Gasteiger charge is 2.68. The number of hydrogen-bond acceptors (Lipinski definition) is 1. The fourth-order valence-electron chi connectivity index (χ4n) is 7.28. The lowest BCUT2D eigenvalue weighted by molar-refractivity contribution is 0.0518. The third-order valence-electron chi connectivity index (χ3n) is 7.85. The van der Waals surface area contributed by atoms with Gasteiger partial charge in [0.2, 0.25) is 0 Å². The van der Waals surface area contributed by atoms with E-state index < -0.39 is 0 Å². The summed E-state index contributed by atoms with van der Waals surface area (Å²) in [7, 11) is 0. The normalized spacial score (nSPS) is 70.9. The standard InChI is InChI=1S/C16H24S/c1-7-8(2)11-5-10(7)14-12-6-13(15(11)14)16-9(12)3-4-17-16/h7-16H,3-6H2,1-2H3. The summed E-state index contributed by atoms with van der Waals surface area (Å²) in [6.45, 7) is 5.13. The van der Waals surface area contributed by atoms with Crippen molar-refractivity contribution in [1.29, 1.82) is 0 Å². The van der Waals surface area contributed by atoms with Gasteiger partial charge in [-0.1, -0.05) is 13.8 Å². The molecule has 5 fully saturated rings. The van der Waals surface area contributed by atoms with Gasteiger partial charge in [0.05, 0.1) is 0 Å². The van der Waals surface area contributed by atoms with Crippen LogP contribution in [0.4, 0.5) is 0 Å². The summed E-state index contributed by atoms with van der Waals surface area (Å²) in [4.78, 5) is 0. The van der Waals surface area contributed by atoms with E-state index in [2.05, 4.69) is 25.6 Å². The van der Waals surface area contributed by atoms with Crippen molar-refractivity contribution in [3.8, 4) is 0 Å². The number of thioether (sulfide) groups is 1. The Morgan fingerprint density at radius 2 is 1.41 bits per heavy atom. The Kier molecular flexibility index (Phi) is 1.85. The highest BCUT2D eigenvalue weighted by atomic mass is 32.2. The lowest BCUT2D eigenvalue weighted by Crippen LogP contribution is -2.42. The molecule has 1 heterocycles. The van der Waals surface area contributed by atoms with Gasteiger partial charge in [-0.3, -0.25) is 0 Å². The average molecular weight is 248 g/mol. The first kappa shape index (κ1) is 10.2. The first-order chi connectivity index (χ1) is 8.27. The average Bonchev–Trinajstić information content (AvgIpc) is 3.02. The minimum atomic E-state index is 1.05. The van der Waals surface area contributed by atoms with Gasteiger partial charge >= 0.3 is 0 Å². The lowest BCUT2D eigenvalue weighted by atomic mass is 9.62. The maximum atomic E-state index is 2.57. The molecule has 5 rings (SSSR count). The van der Waals surface area contributed by atoms with Crippen LogP contribution in [0.2, 0.25) is 0 Å². The van der Waals surface area contributed by atoms with E-state index in [-0.39, 0.29) is 0 Å². The van der Waals surface area contributed by atoms with Gasteiger partial charge in [0, 0.05) is 5.25 Å². The predicted octanol–water partition coefficient (Wildman–Crippen LogP) is 3.91. The summed E-state index contributed by atoms with van der Waals surface area (Å²) < 4.78 is 0. The number of fused-ring (bicyclic) bond motifs is 12. The van der Waals surface area contributed by atoms with Crippen LogP contribution in [0.5, 0.6) is 0 Å². The minimum Gasteiger partial charge on any atom is -0.158 e. The number of hydrogen-bond donors (Lipinski definition) is 0. The van der Waals surface area contributed by atoms with Gasteiger partial charge in [0.25, 0.3) is 0 Å². The third kappa shape index (κ3) is 0.989. The van der Waals surface area contributed by atoms with E-state index in [0.29, 0.717) is 0 Å². The Bertz CT molecular complexity index is 333. The van der Waals surface area contributed by atoms with Crippen LogP contribution in [0.1, 0.15) is 33.1 Å². The summed E-state index contributed by atoms with van der Waals surface area (Å²) in [6, 6.07) is 0. The van der Waals surface area contributed by atoms with Crippen molar-refractivity contribution >= 4 is 11.8 Å². The van der Waals surface area contributed by atoms with Gasteiger partial charge in [0.15, 0.2) is 0 Å². The van der Waals surface area contributed by atoms with Crippen molar-refractivity contribution in [2.45, 2.75) is 38.4 Å². The Labute approximate surface area is 109 Å². The van der Waals surface area contributed by atoms with Gasteiger partial charge in [-0.2, -0.15) is 11.8 Å². The SMILES string of the molecule is CC1C(C)C2CC1C1C3CC(C4SCCC34)C21. The molecule has 10 atom stereocenters. The molecule has 5 aliphatic rings. The first-order valence-electron chi connectivity index (χ1n) is 7.89. The molecular weight excluding hydrogens is 224 g/mol. The van der Waals surface area contributed by atoms with Crippen LogP contribution < -0.4 is 0 Å². The summed E-state index contributed by atoms with van der Waals surface area (Å²) in [5.74, 6) is 11.7. The highest BCUT2D eigenvalue weighted by molar-refractivity contribution is 8.00. The van der Waals surface area contributed by atoms with E-state index in [0.717, 1.165) is 40.8 Å². The molecule has 1 aliphatic heterocycles. The quantitative estimate of drug-likeness (QED) is 0.586. The van der Waals surface area contributed by atoms with E-state index in [1.165, 1.54) is 23.5 Å². The molecule has 0 N–H and O–H groups in total. The van der Waals surface area contributed by atoms with Crippen LogP contribution in [0.3, 0.4) is 0 Å². The molecule has 4 aliphatic carbocycles. The molecule has 10 unspecified atom stereocenters. The van der Waals surface area contributed by atoms with E-state index in [9.17, 15) is 0 Å². The van der Waals surface area contributed by atoms with Crippen LogP contribution in [0, 0.1) is 53.3 Å². The summed E-state index contributed by atoms with van der Waals surface area (Å²) in [5, 5.41) is 1.11. The first-order valence-corrected chi connectivity index (χ1v) is 8.94. The molecule has 94 valence electrons.